The van der Waals surface area contributed by atoms with Gasteiger partial charge in [0.05, 0.1) is 25.9 Å². The number of aliphatic hydroxyl groups is 1. The molecule has 5 heteroatoms. The predicted octanol–water partition coefficient (Wildman–Crippen LogP) is 1.02. The summed E-state index contributed by atoms with van der Waals surface area (Å²) in [7, 11) is 0. The van der Waals surface area contributed by atoms with Crippen LogP contribution in [-0.4, -0.2) is 54.4 Å². The van der Waals surface area contributed by atoms with Crippen LogP contribution in [0.1, 0.15) is 12.5 Å². The van der Waals surface area contributed by atoms with Crippen molar-refractivity contribution < 1.29 is 14.6 Å². The minimum atomic E-state index is -0.196. The number of carbonyl (C=O) groups excluding carboxylic acids is 1. The first-order valence-electron chi connectivity index (χ1n) is 6.91. The summed E-state index contributed by atoms with van der Waals surface area (Å²) < 4.78 is 5.46. The van der Waals surface area contributed by atoms with Crippen molar-refractivity contribution in [1.29, 1.82) is 0 Å². The molecule has 0 spiro atoms. The number of rotatable bonds is 4. The Hall–Kier alpha value is -1.43. The second kappa shape index (κ2) is 6.83. The summed E-state index contributed by atoms with van der Waals surface area (Å²) in [6.45, 7) is 5.44. The summed E-state index contributed by atoms with van der Waals surface area (Å²) in [5.41, 5.74) is 1.93. The Morgan fingerprint density at radius 2 is 2.35 bits per heavy atom. The monoisotopic (exact) mass is 278 g/mol. The first kappa shape index (κ1) is 15.0. The molecule has 0 saturated carbocycles. The van der Waals surface area contributed by atoms with E-state index >= 15 is 0 Å². The molecule has 2 atom stereocenters. The van der Waals surface area contributed by atoms with E-state index in [0.29, 0.717) is 19.7 Å². The molecule has 1 aromatic carbocycles. The number of hydrogen-bond acceptors (Lipinski definition) is 4. The molecule has 1 saturated heterocycles. The average Bonchev–Trinajstić information content (AvgIpc) is 2.41. The molecule has 20 heavy (non-hydrogen) atoms. The van der Waals surface area contributed by atoms with Gasteiger partial charge in [-0.2, -0.15) is 0 Å². The van der Waals surface area contributed by atoms with Crippen LogP contribution in [0.2, 0.25) is 0 Å². The summed E-state index contributed by atoms with van der Waals surface area (Å²) in [4.78, 5) is 14.1. The lowest BCUT2D eigenvalue weighted by Crippen LogP contribution is -2.51. The third kappa shape index (κ3) is 4.03. The van der Waals surface area contributed by atoms with Crippen molar-refractivity contribution in [3.63, 3.8) is 0 Å². The van der Waals surface area contributed by atoms with Gasteiger partial charge in [-0.05, 0) is 31.5 Å². The second-order valence-electron chi connectivity index (χ2n) is 5.33. The van der Waals surface area contributed by atoms with E-state index in [9.17, 15) is 4.79 Å². The molecular formula is C15H22N2O3. The van der Waals surface area contributed by atoms with E-state index < -0.39 is 0 Å². The van der Waals surface area contributed by atoms with Crippen LogP contribution in [0.25, 0.3) is 0 Å². The molecule has 0 radical (unpaired) electrons. The highest BCUT2D eigenvalue weighted by Gasteiger charge is 2.26. The van der Waals surface area contributed by atoms with E-state index in [-0.39, 0.29) is 24.7 Å². The van der Waals surface area contributed by atoms with Gasteiger partial charge in [0, 0.05) is 18.3 Å². The fourth-order valence-electron chi connectivity index (χ4n) is 2.31. The van der Waals surface area contributed by atoms with Crippen LogP contribution in [0.4, 0.5) is 5.69 Å². The Bertz CT molecular complexity index is 464. The molecule has 1 aromatic rings. The predicted molar refractivity (Wildman–Crippen MR) is 77.7 cm³/mol. The van der Waals surface area contributed by atoms with E-state index in [1.165, 1.54) is 0 Å². The SMILES string of the molecule is Cc1cccc(NC(=O)CN2CC(CO)OCC2C)c1. The molecule has 0 aromatic heterocycles. The van der Waals surface area contributed by atoms with Crippen molar-refractivity contribution in [3.8, 4) is 0 Å². The lowest BCUT2D eigenvalue weighted by Gasteiger charge is -2.36. The van der Waals surface area contributed by atoms with Gasteiger partial charge >= 0.3 is 0 Å². The van der Waals surface area contributed by atoms with Crippen LogP contribution < -0.4 is 5.32 Å². The number of aliphatic hydroxyl groups excluding tert-OH is 1. The van der Waals surface area contributed by atoms with E-state index in [4.69, 9.17) is 9.84 Å². The number of aryl methyl sites for hydroxylation is 1. The molecule has 110 valence electrons. The zero-order valence-corrected chi connectivity index (χ0v) is 12.0. The van der Waals surface area contributed by atoms with Crippen LogP contribution in [0.5, 0.6) is 0 Å². The van der Waals surface area contributed by atoms with Crippen molar-refractivity contribution in [2.24, 2.45) is 0 Å². The minimum absolute atomic E-state index is 0.0112. The quantitative estimate of drug-likeness (QED) is 0.863. The van der Waals surface area contributed by atoms with Crippen molar-refractivity contribution in [2.45, 2.75) is 26.0 Å². The van der Waals surface area contributed by atoms with Gasteiger partial charge in [-0.25, -0.2) is 0 Å². The van der Waals surface area contributed by atoms with Crippen LogP contribution in [-0.2, 0) is 9.53 Å². The van der Waals surface area contributed by atoms with Crippen molar-refractivity contribution in [1.82, 2.24) is 4.90 Å². The fourth-order valence-corrected chi connectivity index (χ4v) is 2.31. The number of carbonyl (C=O) groups is 1. The molecule has 1 fully saturated rings. The van der Waals surface area contributed by atoms with Crippen molar-refractivity contribution in [3.05, 3.63) is 29.8 Å². The minimum Gasteiger partial charge on any atom is -0.394 e. The van der Waals surface area contributed by atoms with Gasteiger partial charge < -0.3 is 15.2 Å². The maximum Gasteiger partial charge on any atom is 0.238 e. The van der Waals surface area contributed by atoms with Crippen LogP contribution in [0, 0.1) is 6.92 Å². The largest absolute Gasteiger partial charge is 0.394 e. The number of nitrogens with one attached hydrogen (secondary N) is 1. The Balaban J connectivity index is 1.90. The highest BCUT2D eigenvalue weighted by atomic mass is 16.5. The van der Waals surface area contributed by atoms with Gasteiger partial charge in [0.15, 0.2) is 0 Å². The van der Waals surface area contributed by atoms with Gasteiger partial charge in [-0.1, -0.05) is 12.1 Å². The highest BCUT2D eigenvalue weighted by Crippen LogP contribution is 2.13. The summed E-state index contributed by atoms with van der Waals surface area (Å²) in [6.07, 6.45) is -0.196. The Morgan fingerprint density at radius 1 is 1.55 bits per heavy atom. The van der Waals surface area contributed by atoms with Crippen molar-refractivity contribution >= 4 is 11.6 Å². The van der Waals surface area contributed by atoms with E-state index in [2.05, 4.69) is 5.32 Å². The number of ether oxygens (including phenoxy) is 1. The molecule has 1 aliphatic rings. The van der Waals surface area contributed by atoms with E-state index in [1.807, 2.05) is 43.0 Å². The molecule has 0 bridgehead atoms. The zero-order valence-electron chi connectivity index (χ0n) is 12.0. The molecule has 2 rings (SSSR count). The van der Waals surface area contributed by atoms with Crippen LogP contribution in [0.15, 0.2) is 24.3 Å². The number of benzene rings is 1. The number of anilines is 1. The molecule has 1 heterocycles. The lowest BCUT2D eigenvalue weighted by molar-refractivity contribution is -0.122. The lowest BCUT2D eigenvalue weighted by atomic mass is 10.2. The summed E-state index contributed by atoms with van der Waals surface area (Å²) in [6, 6.07) is 7.91. The third-order valence-electron chi connectivity index (χ3n) is 3.49. The Kier molecular flexibility index (Phi) is 5.11. The van der Waals surface area contributed by atoms with Gasteiger partial charge in [0.1, 0.15) is 0 Å². The molecule has 5 nitrogen and oxygen atoms in total. The number of hydrogen-bond donors (Lipinski definition) is 2. The van der Waals surface area contributed by atoms with Gasteiger partial charge in [0.2, 0.25) is 5.91 Å². The Morgan fingerprint density at radius 3 is 3.05 bits per heavy atom. The average molecular weight is 278 g/mol. The molecule has 1 amide bonds. The zero-order chi connectivity index (χ0) is 14.5. The second-order valence-corrected chi connectivity index (χ2v) is 5.33. The molecule has 0 aliphatic carbocycles. The molecular weight excluding hydrogens is 256 g/mol. The first-order chi connectivity index (χ1) is 9.58. The van der Waals surface area contributed by atoms with Crippen molar-refractivity contribution in [2.75, 3.05) is 31.6 Å². The highest BCUT2D eigenvalue weighted by molar-refractivity contribution is 5.92. The summed E-state index contributed by atoms with van der Waals surface area (Å²) in [5, 5.41) is 12.0. The molecule has 2 unspecified atom stereocenters. The van der Waals surface area contributed by atoms with Crippen LogP contribution in [0.3, 0.4) is 0 Å². The van der Waals surface area contributed by atoms with E-state index in [0.717, 1.165) is 11.3 Å². The normalized spacial score (nSPS) is 23.6. The van der Waals surface area contributed by atoms with E-state index in [1.54, 1.807) is 0 Å². The van der Waals surface area contributed by atoms with Crippen LogP contribution >= 0.6 is 0 Å². The maximum absolute atomic E-state index is 12.1. The third-order valence-corrected chi connectivity index (χ3v) is 3.49. The Labute approximate surface area is 119 Å². The summed E-state index contributed by atoms with van der Waals surface area (Å²) >= 11 is 0. The molecule has 1 aliphatic heterocycles. The van der Waals surface area contributed by atoms with Gasteiger partial charge in [-0.15, -0.1) is 0 Å². The standard InChI is InChI=1S/C15H22N2O3/c1-11-4-3-5-13(6-11)16-15(19)8-17-7-14(9-18)20-10-12(17)2/h3-6,12,14,18H,7-10H2,1-2H3,(H,16,19). The maximum atomic E-state index is 12.1. The first-order valence-corrected chi connectivity index (χ1v) is 6.91. The number of amides is 1. The fraction of sp³-hybridized carbons (Fsp3) is 0.533. The number of nitrogens with zero attached hydrogens (tertiary/aromatic N) is 1. The number of morpholine rings is 1. The molecule has 2 N–H and O–H groups in total. The summed E-state index contributed by atoms with van der Waals surface area (Å²) in [5.74, 6) is -0.0407. The topological polar surface area (TPSA) is 61.8 Å². The smallest absolute Gasteiger partial charge is 0.238 e. The van der Waals surface area contributed by atoms with Gasteiger partial charge in [-0.3, -0.25) is 9.69 Å². The van der Waals surface area contributed by atoms with Gasteiger partial charge in [0.25, 0.3) is 0 Å².